The van der Waals surface area contributed by atoms with Crippen LogP contribution in [0, 0.1) is 11.8 Å². The van der Waals surface area contributed by atoms with Gasteiger partial charge in [-0.15, -0.1) is 0 Å². The first-order valence-electron chi connectivity index (χ1n) is 6.55. The summed E-state index contributed by atoms with van der Waals surface area (Å²) in [6.45, 7) is 0.730. The van der Waals surface area contributed by atoms with Gasteiger partial charge in [-0.05, 0) is 36.3 Å². The van der Waals surface area contributed by atoms with Crippen LogP contribution in [0.1, 0.15) is 36.8 Å². The largest absolute Gasteiger partial charge is 0.365 e. The number of benzene rings is 1. The summed E-state index contributed by atoms with van der Waals surface area (Å²) in [5.74, 6) is 1.15. The van der Waals surface area contributed by atoms with Gasteiger partial charge in [0, 0.05) is 12.3 Å². The van der Waals surface area contributed by atoms with Crippen molar-refractivity contribution in [1.82, 2.24) is 0 Å². The van der Waals surface area contributed by atoms with Crippen LogP contribution in [-0.4, -0.2) is 5.78 Å². The van der Waals surface area contributed by atoms with Gasteiger partial charge < -0.3 is 4.74 Å². The number of Topliss-reactive ketones (excluding diaryl/α,β-unsaturated/α-hetero) is 1. The fourth-order valence-electron chi connectivity index (χ4n) is 4.07. The van der Waals surface area contributed by atoms with E-state index < -0.39 is 0 Å². The molecule has 1 spiro atoms. The molecule has 5 rings (SSSR count). The summed E-state index contributed by atoms with van der Waals surface area (Å²) in [6.07, 6.45) is 3.90. The maximum atomic E-state index is 11.9. The van der Waals surface area contributed by atoms with Crippen LogP contribution in [0.4, 0.5) is 0 Å². The zero-order chi connectivity index (χ0) is 11.5. The second-order valence-corrected chi connectivity index (χ2v) is 5.68. The van der Waals surface area contributed by atoms with Gasteiger partial charge in [0.1, 0.15) is 5.78 Å². The summed E-state index contributed by atoms with van der Waals surface area (Å²) < 4.78 is 6.18. The monoisotopic (exact) mass is 228 g/mol. The third kappa shape index (κ3) is 1.17. The molecule has 0 unspecified atom stereocenters. The van der Waals surface area contributed by atoms with E-state index in [2.05, 4.69) is 24.3 Å². The number of hydrogen-bond acceptors (Lipinski definition) is 2. The summed E-state index contributed by atoms with van der Waals surface area (Å²) in [5, 5.41) is 0. The fraction of sp³-hybridized carbons (Fsp3) is 0.533. The molecule has 2 heteroatoms. The lowest BCUT2D eigenvalue weighted by atomic mass is 9.59. The standard InChI is InChI=1S/C15H16O2/c16-14-7-12-6-5-10(14)8-15(12)13-4-2-1-3-11(13)9-17-15/h1-4,10,12H,5-9H2/t10-,12-,15-/m1/s1. The first-order valence-corrected chi connectivity index (χ1v) is 6.55. The average molecular weight is 228 g/mol. The van der Waals surface area contributed by atoms with Gasteiger partial charge in [0.2, 0.25) is 0 Å². The molecule has 1 aromatic carbocycles. The van der Waals surface area contributed by atoms with Crippen LogP contribution < -0.4 is 0 Å². The molecule has 88 valence electrons. The molecule has 0 aromatic heterocycles. The maximum absolute atomic E-state index is 11.9. The third-order valence-corrected chi connectivity index (χ3v) is 4.93. The van der Waals surface area contributed by atoms with E-state index in [1.54, 1.807) is 0 Å². The molecule has 3 atom stereocenters. The molecule has 0 radical (unpaired) electrons. The highest BCUT2D eigenvalue weighted by atomic mass is 16.5. The van der Waals surface area contributed by atoms with Gasteiger partial charge in [0.05, 0.1) is 12.2 Å². The smallest absolute Gasteiger partial charge is 0.136 e. The zero-order valence-electron chi connectivity index (χ0n) is 9.82. The highest BCUT2D eigenvalue weighted by Crippen LogP contribution is 2.56. The summed E-state index contributed by atoms with van der Waals surface area (Å²) in [4.78, 5) is 11.9. The first-order chi connectivity index (χ1) is 8.29. The quantitative estimate of drug-likeness (QED) is 0.682. The topological polar surface area (TPSA) is 26.3 Å². The highest BCUT2D eigenvalue weighted by Gasteiger charge is 2.55. The zero-order valence-corrected chi connectivity index (χ0v) is 9.82. The Morgan fingerprint density at radius 3 is 2.88 bits per heavy atom. The van der Waals surface area contributed by atoms with Crippen molar-refractivity contribution in [3.8, 4) is 0 Å². The molecule has 0 N–H and O–H groups in total. The highest BCUT2D eigenvalue weighted by molar-refractivity contribution is 5.83. The van der Waals surface area contributed by atoms with E-state index in [9.17, 15) is 4.79 Å². The Kier molecular flexibility index (Phi) is 1.85. The van der Waals surface area contributed by atoms with E-state index >= 15 is 0 Å². The minimum absolute atomic E-state index is 0.118. The Hall–Kier alpha value is -1.15. The Balaban J connectivity index is 1.83. The van der Waals surface area contributed by atoms with Crippen LogP contribution in [0.3, 0.4) is 0 Å². The van der Waals surface area contributed by atoms with Gasteiger partial charge in [-0.1, -0.05) is 24.3 Å². The normalized spacial score (nSPS) is 38.7. The van der Waals surface area contributed by atoms with E-state index in [-0.39, 0.29) is 11.5 Å². The summed E-state index contributed by atoms with van der Waals surface area (Å²) in [6, 6.07) is 8.54. The molecular weight excluding hydrogens is 212 g/mol. The minimum atomic E-state index is -0.118. The molecule has 0 amide bonds. The van der Waals surface area contributed by atoms with Crippen molar-refractivity contribution < 1.29 is 9.53 Å². The second kappa shape index (κ2) is 3.20. The summed E-state index contributed by atoms with van der Waals surface area (Å²) in [7, 11) is 0. The van der Waals surface area contributed by atoms with Crippen molar-refractivity contribution in [1.29, 1.82) is 0 Å². The number of ether oxygens (including phenoxy) is 1. The molecule has 3 aliphatic carbocycles. The number of carbonyl (C=O) groups excluding carboxylic acids is 1. The van der Waals surface area contributed by atoms with Crippen LogP contribution in [-0.2, 0) is 21.7 Å². The van der Waals surface area contributed by atoms with E-state index in [1.165, 1.54) is 11.1 Å². The Labute approximate surface area is 101 Å². The van der Waals surface area contributed by atoms with Crippen LogP contribution in [0.2, 0.25) is 0 Å². The van der Waals surface area contributed by atoms with Crippen LogP contribution in [0.5, 0.6) is 0 Å². The molecule has 4 aliphatic rings. The van der Waals surface area contributed by atoms with Crippen molar-refractivity contribution in [2.75, 3.05) is 0 Å². The first kappa shape index (κ1) is 9.84. The second-order valence-electron chi connectivity index (χ2n) is 5.68. The minimum Gasteiger partial charge on any atom is -0.365 e. The molecule has 1 aromatic rings. The number of fused-ring (bicyclic) bond motifs is 3. The van der Waals surface area contributed by atoms with Crippen molar-refractivity contribution in [3.05, 3.63) is 35.4 Å². The molecule has 1 heterocycles. The van der Waals surface area contributed by atoms with Crippen LogP contribution in [0.15, 0.2) is 24.3 Å². The van der Waals surface area contributed by atoms with Gasteiger partial charge in [-0.2, -0.15) is 0 Å². The molecule has 2 bridgehead atoms. The fourth-order valence-corrected chi connectivity index (χ4v) is 4.07. The van der Waals surface area contributed by atoms with E-state index in [1.807, 2.05) is 0 Å². The average Bonchev–Trinajstić information content (AvgIpc) is 2.72. The van der Waals surface area contributed by atoms with Crippen molar-refractivity contribution in [2.45, 2.75) is 37.9 Å². The molecule has 3 saturated carbocycles. The SMILES string of the molecule is O=C1C[C@H]2CC[C@@H]1C[C@@]21OCc2ccccc21. The van der Waals surface area contributed by atoms with Crippen LogP contribution >= 0.6 is 0 Å². The van der Waals surface area contributed by atoms with Crippen LogP contribution in [0.25, 0.3) is 0 Å². The lowest BCUT2D eigenvalue weighted by molar-refractivity contribution is -0.162. The van der Waals surface area contributed by atoms with Gasteiger partial charge in [-0.3, -0.25) is 4.79 Å². The van der Waals surface area contributed by atoms with E-state index in [0.29, 0.717) is 11.7 Å². The Bertz CT molecular complexity index is 493. The number of carbonyl (C=O) groups is 1. The molecule has 3 fully saturated rings. The maximum Gasteiger partial charge on any atom is 0.136 e. The molecule has 17 heavy (non-hydrogen) atoms. The van der Waals surface area contributed by atoms with Gasteiger partial charge >= 0.3 is 0 Å². The van der Waals surface area contributed by atoms with Gasteiger partial charge in [0.15, 0.2) is 0 Å². The molecular formula is C15H16O2. The Morgan fingerprint density at radius 2 is 2.12 bits per heavy atom. The van der Waals surface area contributed by atoms with E-state index in [0.717, 1.165) is 32.3 Å². The Morgan fingerprint density at radius 1 is 1.24 bits per heavy atom. The lowest BCUT2D eigenvalue weighted by Gasteiger charge is -2.48. The third-order valence-electron chi connectivity index (χ3n) is 4.93. The predicted octanol–water partition coefficient (Wildman–Crippen LogP) is 2.80. The van der Waals surface area contributed by atoms with Gasteiger partial charge in [0.25, 0.3) is 0 Å². The number of rotatable bonds is 0. The van der Waals surface area contributed by atoms with E-state index in [4.69, 9.17) is 4.74 Å². The summed E-state index contributed by atoms with van der Waals surface area (Å²) in [5.41, 5.74) is 2.57. The number of ketones is 1. The molecule has 1 aliphatic heterocycles. The summed E-state index contributed by atoms with van der Waals surface area (Å²) >= 11 is 0. The lowest BCUT2D eigenvalue weighted by Crippen LogP contribution is -2.48. The van der Waals surface area contributed by atoms with Gasteiger partial charge in [-0.25, -0.2) is 0 Å². The molecule has 2 nitrogen and oxygen atoms in total. The van der Waals surface area contributed by atoms with Crippen molar-refractivity contribution in [2.24, 2.45) is 11.8 Å². The molecule has 0 saturated heterocycles. The van der Waals surface area contributed by atoms with Crippen molar-refractivity contribution in [3.63, 3.8) is 0 Å². The van der Waals surface area contributed by atoms with Crippen molar-refractivity contribution >= 4 is 5.78 Å². The predicted molar refractivity (Wildman–Crippen MR) is 63.4 cm³/mol. The number of hydrogen-bond donors (Lipinski definition) is 0.